The maximum Gasteiger partial charge on any atom is 0.347 e. The van der Waals surface area contributed by atoms with E-state index in [2.05, 4.69) is 17.1 Å². The number of thiazole rings is 1. The van der Waals surface area contributed by atoms with Crippen molar-refractivity contribution in [1.29, 1.82) is 0 Å². The van der Waals surface area contributed by atoms with Crippen LogP contribution in [0, 0.1) is 0 Å². The molecule has 128 valence electrons. The highest BCUT2D eigenvalue weighted by atomic mass is 32.1. The van der Waals surface area contributed by atoms with Crippen molar-refractivity contribution in [2.75, 3.05) is 6.61 Å². The van der Waals surface area contributed by atoms with Gasteiger partial charge >= 0.3 is 5.97 Å². The lowest BCUT2D eigenvalue weighted by Crippen LogP contribution is -2.01. The van der Waals surface area contributed by atoms with E-state index < -0.39 is 5.97 Å². The minimum Gasteiger partial charge on any atom is -0.493 e. The molecule has 0 unspecified atom stereocenters. The standard InChI is InChI=1S/C20H19NO3S/c1-2-17-18(20(22)23)25-19(21-17)15-9-6-10-16(13-15)24-12-11-14-7-4-3-5-8-14/h3-10,13H,2,11-12H2,1H3,(H,22,23). The van der Waals surface area contributed by atoms with Crippen molar-refractivity contribution >= 4 is 17.3 Å². The molecule has 1 heterocycles. The summed E-state index contributed by atoms with van der Waals surface area (Å²) in [4.78, 5) is 16.1. The molecule has 2 aromatic carbocycles. The molecule has 0 saturated heterocycles. The Morgan fingerprint density at radius 2 is 1.96 bits per heavy atom. The number of hydrogen-bond donors (Lipinski definition) is 1. The average Bonchev–Trinajstić information content (AvgIpc) is 3.08. The number of carboxylic acids is 1. The van der Waals surface area contributed by atoms with E-state index in [1.807, 2.05) is 49.4 Å². The summed E-state index contributed by atoms with van der Waals surface area (Å²) in [7, 11) is 0. The third-order valence-electron chi connectivity index (χ3n) is 3.81. The van der Waals surface area contributed by atoms with E-state index >= 15 is 0 Å². The Morgan fingerprint density at radius 3 is 2.64 bits per heavy atom. The normalized spacial score (nSPS) is 10.6. The molecule has 25 heavy (non-hydrogen) atoms. The number of carbonyl (C=O) groups is 1. The van der Waals surface area contributed by atoms with E-state index in [4.69, 9.17) is 4.74 Å². The van der Waals surface area contributed by atoms with Crippen LogP contribution in [0.25, 0.3) is 10.6 Å². The molecular weight excluding hydrogens is 334 g/mol. The van der Waals surface area contributed by atoms with Gasteiger partial charge in [0.15, 0.2) is 0 Å². The second-order valence-corrected chi connectivity index (χ2v) is 6.56. The summed E-state index contributed by atoms with van der Waals surface area (Å²) < 4.78 is 5.84. The largest absolute Gasteiger partial charge is 0.493 e. The van der Waals surface area contributed by atoms with Crippen LogP contribution in [0.4, 0.5) is 0 Å². The highest BCUT2D eigenvalue weighted by Gasteiger charge is 2.17. The first-order valence-corrected chi connectivity index (χ1v) is 8.99. The van der Waals surface area contributed by atoms with Crippen LogP contribution in [-0.2, 0) is 12.8 Å². The smallest absolute Gasteiger partial charge is 0.347 e. The quantitative estimate of drug-likeness (QED) is 0.669. The zero-order chi connectivity index (χ0) is 17.6. The van der Waals surface area contributed by atoms with Crippen LogP contribution in [-0.4, -0.2) is 22.7 Å². The Bertz CT molecular complexity index is 858. The molecule has 0 atom stereocenters. The Kier molecular flexibility index (Phi) is 5.46. The van der Waals surface area contributed by atoms with Gasteiger partial charge in [0.1, 0.15) is 15.6 Å². The first-order valence-electron chi connectivity index (χ1n) is 8.17. The van der Waals surface area contributed by atoms with Gasteiger partial charge < -0.3 is 9.84 Å². The molecule has 0 amide bonds. The number of nitrogens with zero attached hydrogens (tertiary/aromatic N) is 1. The summed E-state index contributed by atoms with van der Waals surface area (Å²) in [5.74, 6) is -0.158. The fraction of sp³-hybridized carbons (Fsp3) is 0.200. The van der Waals surface area contributed by atoms with E-state index in [0.29, 0.717) is 28.6 Å². The molecule has 1 N–H and O–H groups in total. The molecule has 0 aliphatic rings. The van der Waals surface area contributed by atoms with Crippen LogP contribution in [0.15, 0.2) is 54.6 Å². The number of hydrogen-bond acceptors (Lipinski definition) is 4. The molecule has 1 aromatic heterocycles. The number of benzene rings is 2. The number of aromatic carboxylic acids is 1. The van der Waals surface area contributed by atoms with Gasteiger partial charge in [-0.15, -0.1) is 11.3 Å². The number of aromatic nitrogens is 1. The first-order chi connectivity index (χ1) is 12.2. The van der Waals surface area contributed by atoms with Crippen LogP contribution < -0.4 is 4.74 Å². The lowest BCUT2D eigenvalue weighted by molar-refractivity contribution is 0.0701. The highest BCUT2D eigenvalue weighted by molar-refractivity contribution is 7.17. The van der Waals surface area contributed by atoms with Crippen molar-refractivity contribution in [2.24, 2.45) is 0 Å². The maximum atomic E-state index is 11.3. The summed E-state index contributed by atoms with van der Waals surface area (Å²) >= 11 is 1.21. The highest BCUT2D eigenvalue weighted by Crippen LogP contribution is 2.30. The van der Waals surface area contributed by atoms with Crippen LogP contribution in [0.2, 0.25) is 0 Å². The summed E-state index contributed by atoms with van der Waals surface area (Å²) in [6.45, 7) is 2.50. The third kappa shape index (κ3) is 4.25. The molecular formula is C20H19NO3S. The molecule has 0 saturated carbocycles. The van der Waals surface area contributed by atoms with E-state index in [9.17, 15) is 9.90 Å². The molecule has 0 aliphatic carbocycles. The predicted octanol–water partition coefficient (Wildman–Crippen LogP) is 4.69. The van der Waals surface area contributed by atoms with Crippen LogP contribution >= 0.6 is 11.3 Å². The monoisotopic (exact) mass is 353 g/mol. The summed E-state index contributed by atoms with van der Waals surface area (Å²) in [6, 6.07) is 17.8. The van der Waals surface area contributed by atoms with Gasteiger partial charge in [-0.25, -0.2) is 9.78 Å². The van der Waals surface area contributed by atoms with Gasteiger partial charge in [-0.1, -0.05) is 49.4 Å². The number of aryl methyl sites for hydroxylation is 1. The van der Waals surface area contributed by atoms with E-state index in [-0.39, 0.29) is 0 Å². The Hall–Kier alpha value is -2.66. The van der Waals surface area contributed by atoms with Gasteiger partial charge in [-0.3, -0.25) is 0 Å². The van der Waals surface area contributed by atoms with Gasteiger partial charge in [0.2, 0.25) is 0 Å². The van der Waals surface area contributed by atoms with Crippen LogP contribution in [0.3, 0.4) is 0 Å². The Balaban J connectivity index is 1.72. The Morgan fingerprint density at radius 1 is 1.16 bits per heavy atom. The van der Waals surface area contributed by atoms with E-state index in [0.717, 1.165) is 17.7 Å². The van der Waals surface area contributed by atoms with Crippen LogP contribution in [0.5, 0.6) is 5.75 Å². The number of ether oxygens (including phenoxy) is 1. The van der Waals surface area contributed by atoms with Gasteiger partial charge in [-0.05, 0) is 24.1 Å². The molecule has 5 heteroatoms. The van der Waals surface area contributed by atoms with Crippen LogP contribution in [0.1, 0.15) is 27.9 Å². The van der Waals surface area contributed by atoms with Crippen molar-refractivity contribution in [3.05, 3.63) is 70.7 Å². The van der Waals surface area contributed by atoms with Crippen molar-refractivity contribution in [3.63, 3.8) is 0 Å². The minimum absolute atomic E-state index is 0.313. The number of rotatable bonds is 7. The molecule has 4 nitrogen and oxygen atoms in total. The maximum absolute atomic E-state index is 11.3. The molecule has 0 fully saturated rings. The molecule has 0 radical (unpaired) electrons. The van der Waals surface area contributed by atoms with Gasteiger partial charge in [0.25, 0.3) is 0 Å². The Labute approximate surface area is 150 Å². The van der Waals surface area contributed by atoms with Crippen molar-refractivity contribution in [2.45, 2.75) is 19.8 Å². The lowest BCUT2D eigenvalue weighted by atomic mass is 10.2. The number of carboxylic acid groups (broad SMARTS) is 1. The summed E-state index contributed by atoms with van der Waals surface area (Å²) in [6.07, 6.45) is 1.44. The zero-order valence-electron chi connectivity index (χ0n) is 13.9. The second-order valence-electron chi connectivity index (χ2n) is 5.57. The second kappa shape index (κ2) is 7.94. The molecule has 3 rings (SSSR count). The molecule has 3 aromatic rings. The topological polar surface area (TPSA) is 59.4 Å². The molecule has 0 aliphatic heterocycles. The zero-order valence-corrected chi connectivity index (χ0v) is 14.8. The summed E-state index contributed by atoms with van der Waals surface area (Å²) in [5.41, 5.74) is 2.74. The third-order valence-corrected chi connectivity index (χ3v) is 4.94. The first kappa shape index (κ1) is 17.2. The van der Waals surface area contributed by atoms with E-state index in [1.165, 1.54) is 16.9 Å². The molecule has 0 spiro atoms. The fourth-order valence-electron chi connectivity index (χ4n) is 2.53. The lowest BCUT2D eigenvalue weighted by Gasteiger charge is -2.07. The fourth-order valence-corrected chi connectivity index (χ4v) is 3.52. The summed E-state index contributed by atoms with van der Waals surface area (Å²) in [5, 5.41) is 9.99. The average molecular weight is 353 g/mol. The SMILES string of the molecule is CCc1nc(-c2cccc(OCCc3ccccc3)c2)sc1C(=O)O. The van der Waals surface area contributed by atoms with Crippen molar-refractivity contribution in [3.8, 4) is 16.3 Å². The van der Waals surface area contributed by atoms with Gasteiger partial charge in [0, 0.05) is 12.0 Å². The van der Waals surface area contributed by atoms with Crippen molar-refractivity contribution < 1.29 is 14.6 Å². The van der Waals surface area contributed by atoms with Gasteiger partial charge in [0.05, 0.1) is 12.3 Å². The predicted molar refractivity (Wildman–Crippen MR) is 99.5 cm³/mol. The molecule has 0 bridgehead atoms. The van der Waals surface area contributed by atoms with E-state index in [1.54, 1.807) is 0 Å². The minimum atomic E-state index is -0.920. The van der Waals surface area contributed by atoms with Gasteiger partial charge in [-0.2, -0.15) is 0 Å². The van der Waals surface area contributed by atoms with Crippen molar-refractivity contribution in [1.82, 2.24) is 4.98 Å².